The van der Waals surface area contributed by atoms with Crippen LogP contribution in [0.15, 0.2) is 29.2 Å². The van der Waals surface area contributed by atoms with E-state index >= 15 is 0 Å². The van der Waals surface area contributed by atoms with Crippen molar-refractivity contribution in [1.82, 2.24) is 0 Å². The standard InChI is InChI=1S/C12H10F3NO4S/c1-2-7-16(8-11(17)18)9-5-3-4-6-10(9)21(19,20)12(13,14)15/h1,3-6H,7-8H2,(H,17,18). The molecule has 0 fully saturated rings. The molecule has 0 aliphatic heterocycles. The molecule has 1 rings (SSSR count). The Morgan fingerprint density at radius 3 is 2.38 bits per heavy atom. The summed E-state index contributed by atoms with van der Waals surface area (Å²) in [6, 6.07) is 4.22. The number of anilines is 1. The fraction of sp³-hybridized carbons (Fsp3) is 0.250. The molecule has 0 aliphatic carbocycles. The third-order valence-corrected chi connectivity index (χ3v) is 3.94. The number of para-hydroxylation sites is 1. The SMILES string of the molecule is C#CCN(CC(=O)O)c1ccccc1S(=O)(=O)C(F)(F)F. The monoisotopic (exact) mass is 321 g/mol. The molecule has 0 saturated heterocycles. The normalized spacial score (nSPS) is 11.7. The number of hydrogen-bond donors (Lipinski definition) is 1. The second-order valence-corrected chi connectivity index (χ2v) is 5.78. The zero-order chi connectivity index (χ0) is 16.3. The smallest absolute Gasteiger partial charge is 0.480 e. The molecule has 0 radical (unpaired) electrons. The number of sulfone groups is 1. The molecule has 0 spiro atoms. The van der Waals surface area contributed by atoms with Crippen LogP contribution in [0.25, 0.3) is 0 Å². The number of hydrogen-bond acceptors (Lipinski definition) is 4. The van der Waals surface area contributed by atoms with Gasteiger partial charge in [-0.15, -0.1) is 6.42 Å². The van der Waals surface area contributed by atoms with E-state index in [0.717, 1.165) is 23.1 Å². The average Bonchev–Trinajstić information content (AvgIpc) is 2.36. The van der Waals surface area contributed by atoms with Crippen molar-refractivity contribution < 1.29 is 31.5 Å². The van der Waals surface area contributed by atoms with E-state index in [1.165, 1.54) is 6.07 Å². The third-order valence-electron chi connectivity index (χ3n) is 2.41. The maximum atomic E-state index is 12.6. The molecule has 1 N–H and O–H groups in total. The van der Waals surface area contributed by atoms with Crippen molar-refractivity contribution in [1.29, 1.82) is 0 Å². The molecule has 9 heteroatoms. The summed E-state index contributed by atoms with van der Waals surface area (Å²) in [6.45, 7) is -1.08. The van der Waals surface area contributed by atoms with Crippen LogP contribution in [0, 0.1) is 12.3 Å². The highest BCUT2D eigenvalue weighted by atomic mass is 32.2. The zero-order valence-electron chi connectivity index (χ0n) is 10.5. The van der Waals surface area contributed by atoms with E-state index in [9.17, 15) is 26.4 Å². The van der Waals surface area contributed by atoms with Crippen molar-refractivity contribution in [3.63, 3.8) is 0 Å². The Labute approximate surface area is 118 Å². The highest BCUT2D eigenvalue weighted by Crippen LogP contribution is 2.35. The van der Waals surface area contributed by atoms with E-state index in [2.05, 4.69) is 5.92 Å². The first kappa shape index (κ1) is 16.8. The van der Waals surface area contributed by atoms with Crippen molar-refractivity contribution in [2.24, 2.45) is 0 Å². The van der Waals surface area contributed by atoms with Crippen LogP contribution in [-0.2, 0) is 14.6 Å². The van der Waals surface area contributed by atoms with Crippen molar-refractivity contribution in [3.8, 4) is 12.3 Å². The number of halogens is 3. The lowest BCUT2D eigenvalue weighted by Gasteiger charge is -2.23. The summed E-state index contributed by atoms with van der Waals surface area (Å²) in [5.74, 6) is 0.719. The summed E-state index contributed by atoms with van der Waals surface area (Å²) >= 11 is 0. The van der Waals surface area contributed by atoms with Crippen molar-refractivity contribution in [2.75, 3.05) is 18.0 Å². The predicted molar refractivity (Wildman–Crippen MR) is 68.4 cm³/mol. The van der Waals surface area contributed by atoms with Crippen molar-refractivity contribution in [3.05, 3.63) is 24.3 Å². The number of alkyl halides is 3. The molecule has 0 unspecified atom stereocenters. The summed E-state index contributed by atoms with van der Waals surface area (Å²) in [6.07, 6.45) is 5.03. The van der Waals surface area contributed by atoms with E-state index in [1.807, 2.05) is 0 Å². The fourth-order valence-electron chi connectivity index (χ4n) is 1.57. The number of rotatable bonds is 5. The summed E-state index contributed by atoms with van der Waals surface area (Å²) in [4.78, 5) is 10.6. The molecular weight excluding hydrogens is 311 g/mol. The Balaban J connectivity index is 3.45. The molecule has 5 nitrogen and oxygen atoms in total. The first-order valence-electron chi connectivity index (χ1n) is 5.42. The molecule has 0 heterocycles. The van der Waals surface area contributed by atoms with Crippen LogP contribution in [-0.4, -0.2) is 38.1 Å². The number of carbonyl (C=O) groups is 1. The van der Waals surface area contributed by atoms with E-state index in [0.29, 0.717) is 0 Å². The second kappa shape index (κ2) is 6.05. The minimum atomic E-state index is -5.61. The van der Waals surface area contributed by atoms with Gasteiger partial charge < -0.3 is 10.0 Å². The molecule has 21 heavy (non-hydrogen) atoms. The number of carboxylic acid groups (broad SMARTS) is 1. The largest absolute Gasteiger partial charge is 0.501 e. The number of nitrogens with zero attached hydrogens (tertiary/aromatic N) is 1. The van der Waals surface area contributed by atoms with Gasteiger partial charge in [0, 0.05) is 0 Å². The van der Waals surface area contributed by atoms with Gasteiger partial charge in [-0.25, -0.2) is 8.42 Å². The van der Waals surface area contributed by atoms with Crippen molar-refractivity contribution >= 4 is 21.5 Å². The van der Waals surface area contributed by atoms with Crippen LogP contribution in [0.3, 0.4) is 0 Å². The van der Waals surface area contributed by atoms with Crippen LogP contribution >= 0.6 is 0 Å². The van der Waals surface area contributed by atoms with Gasteiger partial charge in [0.2, 0.25) is 0 Å². The molecular formula is C12H10F3NO4S. The lowest BCUT2D eigenvalue weighted by molar-refractivity contribution is -0.135. The number of carboxylic acids is 1. The van der Waals surface area contributed by atoms with Crippen molar-refractivity contribution in [2.45, 2.75) is 10.4 Å². The number of benzene rings is 1. The zero-order valence-corrected chi connectivity index (χ0v) is 11.3. The molecule has 0 amide bonds. The molecule has 1 aromatic carbocycles. The minimum absolute atomic E-state index is 0.351. The summed E-state index contributed by atoms with van der Waals surface area (Å²) in [7, 11) is -5.61. The molecule has 0 aliphatic rings. The highest BCUT2D eigenvalue weighted by molar-refractivity contribution is 7.92. The lowest BCUT2D eigenvalue weighted by Crippen LogP contribution is -2.33. The quantitative estimate of drug-likeness (QED) is 0.832. The van der Waals surface area contributed by atoms with Crippen LogP contribution in [0.4, 0.5) is 18.9 Å². The van der Waals surface area contributed by atoms with Gasteiger partial charge in [-0.2, -0.15) is 13.2 Å². The molecule has 0 atom stereocenters. The minimum Gasteiger partial charge on any atom is -0.480 e. The van der Waals surface area contributed by atoms with E-state index in [1.54, 1.807) is 0 Å². The van der Waals surface area contributed by atoms with Crippen LogP contribution in [0.2, 0.25) is 0 Å². The second-order valence-electron chi connectivity index (χ2n) is 3.87. The van der Waals surface area contributed by atoms with Gasteiger partial charge in [0.1, 0.15) is 6.54 Å². The predicted octanol–water partition coefficient (Wildman–Crippen LogP) is 1.50. The first-order chi connectivity index (χ1) is 9.61. The van der Waals surface area contributed by atoms with Crippen LogP contribution in [0.5, 0.6) is 0 Å². The fourth-order valence-corrected chi connectivity index (χ4v) is 2.55. The van der Waals surface area contributed by atoms with Gasteiger partial charge in [0.05, 0.1) is 17.1 Å². The third kappa shape index (κ3) is 3.66. The molecule has 114 valence electrons. The van der Waals surface area contributed by atoms with Crippen LogP contribution < -0.4 is 4.90 Å². The Bertz CT molecular complexity index is 676. The first-order valence-corrected chi connectivity index (χ1v) is 6.90. The van der Waals surface area contributed by atoms with E-state index in [4.69, 9.17) is 11.5 Å². The highest BCUT2D eigenvalue weighted by Gasteiger charge is 2.48. The van der Waals surface area contributed by atoms with E-state index in [-0.39, 0.29) is 6.54 Å². The Hall–Kier alpha value is -2.21. The Morgan fingerprint density at radius 1 is 1.33 bits per heavy atom. The van der Waals surface area contributed by atoms with E-state index < -0.39 is 38.4 Å². The van der Waals surface area contributed by atoms with Gasteiger partial charge >= 0.3 is 11.5 Å². The lowest BCUT2D eigenvalue weighted by atomic mass is 10.3. The molecule has 0 aromatic heterocycles. The van der Waals surface area contributed by atoms with Gasteiger partial charge in [0.25, 0.3) is 9.84 Å². The summed E-state index contributed by atoms with van der Waals surface area (Å²) in [5.41, 5.74) is -5.90. The molecule has 0 saturated carbocycles. The Kier molecular flexibility index (Phi) is 4.85. The number of terminal acetylenes is 1. The summed E-state index contributed by atoms with van der Waals surface area (Å²) < 4.78 is 61.0. The maximum absolute atomic E-state index is 12.6. The number of aliphatic carboxylic acids is 1. The van der Waals surface area contributed by atoms with Gasteiger partial charge in [-0.1, -0.05) is 18.1 Å². The average molecular weight is 321 g/mol. The van der Waals surface area contributed by atoms with Gasteiger partial charge in [-0.05, 0) is 12.1 Å². The van der Waals surface area contributed by atoms with Crippen LogP contribution in [0.1, 0.15) is 0 Å². The topological polar surface area (TPSA) is 74.7 Å². The summed E-state index contributed by atoms with van der Waals surface area (Å²) in [5, 5.41) is 8.74. The molecule has 1 aromatic rings. The Morgan fingerprint density at radius 2 is 1.90 bits per heavy atom. The van der Waals surface area contributed by atoms with Gasteiger partial charge in [0.15, 0.2) is 0 Å². The van der Waals surface area contributed by atoms with Gasteiger partial charge in [-0.3, -0.25) is 4.79 Å². The maximum Gasteiger partial charge on any atom is 0.501 e. The molecule has 0 bridgehead atoms.